The molecule has 0 radical (unpaired) electrons. The number of benzene rings is 2. The third kappa shape index (κ3) is 4.23. The van der Waals surface area contributed by atoms with E-state index >= 15 is 0 Å². The van der Waals surface area contributed by atoms with Crippen molar-refractivity contribution in [1.82, 2.24) is 0 Å². The third-order valence-electron chi connectivity index (χ3n) is 3.34. The maximum absolute atomic E-state index is 5.81. The second kappa shape index (κ2) is 8.41. The average Bonchev–Trinajstić information content (AvgIpc) is 2.57. The second-order valence-electron chi connectivity index (χ2n) is 4.83. The molecule has 0 aliphatic rings. The fourth-order valence-corrected chi connectivity index (χ4v) is 2.16. The molecule has 0 unspecified atom stereocenters. The lowest BCUT2D eigenvalue weighted by Gasteiger charge is -2.13. The van der Waals surface area contributed by atoms with Crippen molar-refractivity contribution in [2.24, 2.45) is 0 Å². The molecule has 0 aliphatic heterocycles. The predicted octanol–water partition coefficient (Wildman–Crippen LogP) is 3.53. The predicted molar refractivity (Wildman–Crippen MR) is 86.5 cm³/mol. The topological polar surface area (TPSA) is 36.9 Å². The Kier molecular flexibility index (Phi) is 6.25. The Hall–Kier alpha value is -2.04. The van der Waals surface area contributed by atoms with Gasteiger partial charge in [0.15, 0.2) is 0 Å². The highest BCUT2D eigenvalue weighted by Gasteiger charge is 2.07. The minimum atomic E-state index is 0.513. The van der Waals surface area contributed by atoms with E-state index in [2.05, 4.69) is 6.07 Å². The summed E-state index contributed by atoms with van der Waals surface area (Å²) >= 11 is 0. The third-order valence-corrected chi connectivity index (χ3v) is 3.34. The molecule has 0 saturated heterocycles. The Morgan fingerprint density at radius 1 is 0.773 bits per heavy atom. The summed E-state index contributed by atoms with van der Waals surface area (Å²) < 4.78 is 21.3. The number of methoxy groups -OCH3 is 3. The first-order chi connectivity index (χ1) is 10.8. The average molecular weight is 302 g/mol. The maximum atomic E-state index is 5.81. The van der Waals surface area contributed by atoms with Gasteiger partial charge in [0.2, 0.25) is 0 Å². The van der Waals surface area contributed by atoms with Crippen molar-refractivity contribution in [1.29, 1.82) is 0 Å². The molecule has 22 heavy (non-hydrogen) atoms. The Morgan fingerprint density at radius 3 is 2.14 bits per heavy atom. The van der Waals surface area contributed by atoms with Crippen molar-refractivity contribution in [2.75, 3.05) is 34.5 Å². The first-order valence-electron chi connectivity index (χ1n) is 7.16. The Labute approximate surface area is 131 Å². The van der Waals surface area contributed by atoms with Gasteiger partial charge in [-0.05, 0) is 29.3 Å². The van der Waals surface area contributed by atoms with Crippen LogP contribution in [0.4, 0.5) is 0 Å². The summed E-state index contributed by atoms with van der Waals surface area (Å²) in [6, 6.07) is 14.1. The molecule has 0 aromatic heterocycles. The zero-order valence-corrected chi connectivity index (χ0v) is 13.3. The summed E-state index contributed by atoms with van der Waals surface area (Å²) in [5, 5.41) is 0. The Bertz CT molecular complexity index is 578. The molecular weight excluding hydrogens is 280 g/mol. The van der Waals surface area contributed by atoms with Crippen LogP contribution in [-0.2, 0) is 16.1 Å². The highest BCUT2D eigenvalue weighted by atomic mass is 16.5. The number of ether oxygens (including phenoxy) is 4. The van der Waals surface area contributed by atoms with Crippen LogP contribution in [0.25, 0.3) is 11.1 Å². The normalized spacial score (nSPS) is 10.5. The monoisotopic (exact) mass is 302 g/mol. The zero-order chi connectivity index (χ0) is 15.8. The SMILES string of the molecule is COCCOc1cc(-c2ccc(OC)cc2)ccc1COC. The molecule has 0 heterocycles. The van der Waals surface area contributed by atoms with E-state index in [1.165, 1.54) is 0 Å². The van der Waals surface area contributed by atoms with E-state index < -0.39 is 0 Å². The largest absolute Gasteiger partial charge is 0.497 e. The number of rotatable bonds is 8. The fourth-order valence-electron chi connectivity index (χ4n) is 2.16. The molecule has 0 saturated carbocycles. The van der Waals surface area contributed by atoms with Gasteiger partial charge in [-0.25, -0.2) is 0 Å². The van der Waals surface area contributed by atoms with Crippen LogP contribution in [0.5, 0.6) is 11.5 Å². The van der Waals surface area contributed by atoms with Crippen LogP contribution < -0.4 is 9.47 Å². The van der Waals surface area contributed by atoms with Crippen LogP contribution in [0.3, 0.4) is 0 Å². The Morgan fingerprint density at radius 2 is 1.50 bits per heavy atom. The van der Waals surface area contributed by atoms with Crippen LogP contribution in [0.15, 0.2) is 42.5 Å². The molecule has 0 N–H and O–H groups in total. The van der Waals surface area contributed by atoms with Gasteiger partial charge in [-0.1, -0.05) is 24.3 Å². The minimum absolute atomic E-state index is 0.513. The van der Waals surface area contributed by atoms with Crippen molar-refractivity contribution < 1.29 is 18.9 Å². The molecule has 4 heteroatoms. The molecule has 2 rings (SSSR count). The van der Waals surface area contributed by atoms with Crippen molar-refractivity contribution in [3.05, 3.63) is 48.0 Å². The molecule has 0 fully saturated rings. The van der Waals surface area contributed by atoms with E-state index in [9.17, 15) is 0 Å². The summed E-state index contributed by atoms with van der Waals surface area (Å²) in [5.41, 5.74) is 3.23. The van der Waals surface area contributed by atoms with Crippen LogP contribution in [0.2, 0.25) is 0 Å². The van der Waals surface area contributed by atoms with Gasteiger partial charge in [0.1, 0.15) is 18.1 Å². The van der Waals surface area contributed by atoms with E-state index in [4.69, 9.17) is 18.9 Å². The zero-order valence-electron chi connectivity index (χ0n) is 13.3. The lowest BCUT2D eigenvalue weighted by atomic mass is 10.0. The van der Waals surface area contributed by atoms with Crippen molar-refractivity contribution >= 4 is 0 Å². The number of hydrogen-bond acceptors (Lipinski definition) is 4. The quantitative estimate of drug-likeness (QED) is 0.699. The summed E-state index contributed by atoms with van der Waals surface area (Å²) in [4.78, 5) is 0. The van der Waals surface area contributed by atoms with E-state index in [-0.39, 0.29) is 0 Å². The van der Waals surface area contributed by atoms with Crippen molar-refractivity contribution in [2.45, 2.75) is 6.61 Å². The first-order valence-corrected chi connectivity index (χ1v) is 7.16. The second-order valence-corrected chi connectivity index (χ2v) is 4.83. The minimum Gasteiger partial charge on any atom is -0.497 e. The summed E-state index contributed by atoms with van der Waals surface area (Å²) in [6.07, 6.45) is 0. The van der Waals surface area contributed by atoms with Gasteiger partial charge < -0.3 is 18.9 Å². The molecule has 0 spiro atoms. The summed E-state index contributed by atoms with van der Waals surface area (Å²) in [5.74, 6) is 1.67. The molecule has 4 nitrogen and oxygen atoms in total. The lowest BCUT2D eigenvalue weighted by molar-refractivity contribution is 0.141. The molecule has 2 aromatic carbocycles. The molecule has 0 atom stereocenters. The standard InChI is InChI=1S/C18H22O4/c1-19-10-11-22-18-12-15(4-5-16(18)13-20-2)14-6-8-17(21-3)9-7-14/h4-9,12H,10-11,13H2,1-3H3. The van der Waals surface area contributed by atoms with Crippen molar-refractivity contribution in [3.8, 4) is 22.6 Å². The molecule has 0 aliphatic carbocycles. The molecule has 0 bridgehead atoms. The summed E-state index contributed by atoms with van der Waals surface area (Å²) in [7, 11) is 5.00. The van der Waals surface area contributed by atoms with Gasteiger partial charge in [0.05, 0.1) is 20.3 Å². The molecule has 0 amide bonds. The molecule has 2 aromatic rings. The van der Waals surface area contributed by atoms with Crippen LogP contribution in [0, 0.1) is 0 Å². The van der Waals surface area contributed by atoms with E-state index in [1.54, 1.807) is 21.3 Å². The van der Waals surface area contributed by atoms with Crippen LogP contribution in [0.1, 0.15) is 5.56 Å². The van der Waals surface area contributed by atoms with E-state index in [1.807, 2.05) is 36.4 Å². The highest BCUT2D eigenvalue weighted by molar-refractivity contribution is 5.66. The fraction of sp³-hybridized carbons (Fsp3) is 0.333. The van der Waals surface area contributed by atoms with E-state index in [0.29, 0.717) is 19.8 Å². The Balaban J connectivity index is 2.25. The van der Waals surface area contributed by atoms with Gasteiger partial charge in [0, 0.05) is 19.8 Å². The van der Waals surface area contributed by atoms with Gasteiger partial charge in [-0.15, -0.1) is 0 Å². The van der Waals surface area contributed by atoms with Crippen molar-refractivity contribution in [3.63, 3.8) is 0 Å². The maximum Gasteiger partial charge on any atom is 0.125 e. The van der Waals surface area contributed by atoms with Gasteiger partial charge in [-0.3, -0.25) is 0 Å². The smallest absolute Gasteiger partial charge is 0.125 e. The lowest BCUT2D eigenvalue weighted by Crippen LogP contribution is -2.06. The van der Waals surface area contributed by atoms with Gasteiger partial charge >= 0.3 is 0 Å². The summed E-state index contributed by atoms with van der Waals surface area (Å²) in [6.45, 7) is 1.59. The number of hydrogen-bond donors (Lipinski definition) is 0. The first kappa shape index (κ1) is 16.3. The van der Waals surface area contributed by atoms with Crippen LogP contribution in [-0.4, -0.2) is 34.5 Å². The van der Waals surface area contributed by atoms with Gasteiger partial charge in [-0.2, -0.15) is 0 Å². The highest BCUT2D eigenvalue weighted by Crippen LogP contribution is 2.29. The van der Waals surface area contributed by atoms with E-state index in [0.717, 1.165) is 28.2 Å². The van der Waals surface area contributed by atoms with Gasteiger partial charge in [0.25, 0.3) is 0 Å². The van der Waals surface area contributed by atoms with Crippen LogP contribution >= 0.6 is 0 Å². The molecular formula is C18H22O4. The molecule has 118 valence electrons.